The van der Waals surface area contributed by atoms with Crippen LogP contribution in [0.4, 0.5) is 0 Å². The zero-order valence-corrected chi connectivity index (χ0v) is 45.4. The molecule has 0 aromatic carbocycles. The molecular formula is C62H80N2O7. The number of carbonyl (C=O) groups is 6. The van der Waals surface area contributed by atoms with Crippen molar-refractivity contribution in [3.05, 3.63) is 46.6 Å². The maximum Gasteiger partial charge on any atom is 0.320 e. The summed E-state index contributed by atoms with van der Waals surface area (Å²) in [6.07, 6.45) is 16.5. The van der Waals surface area contributed by atoms with Crippen LogP contribution in [-0.2, 0) is 33.5 Å². The van der Waals surface area contributed by atoms with Gasteiger partial charge in [0, 0.05) is 33.5 Å². The molecule has 9 nitrogen and oxygen atoms in total. The molecule has 10 rings (SSSR count). The standard InChI is InChI=1S/C62H80N2O7/c1-51(2)19-23-61(25-21-59(13)45(37(61)31-51)39(65)27-43-55(9)29-35(33-63)47(67)53(5,6)41(55)15-17-57(43,59)11)49(69)71-50(70)62-24-20-52(3,4)32-38(62)46-40(66)28-44-56(10)30-36(34-64)48(68)54(7,8)42(56)16-18-58(44,12)60(46,14)22-26-62/h27-30,37-38,41-42,45-46H,15-26,31-32H2,1-14H3/t37-,38-,41-,42-,45-,46-,55-,56-,57+,58+,59+,60+,61-,62-/m0/s1. The number of hydrogen-bond acceptors (Lipinski definition) is 9. The highest BCUT2D eigenvalue weighted by Crippen LogP contribution is 2.77. The van der Waals surface area contributed by atoms with Gasteiger partial charge in [0.05, 0.1) is 22.0 Å². The summed E-state index contributed by atoms with van der Waals surface area (Å²) in [4.78, 5) is 89.3. The molecule has 0 aromatic rings. The Balaban J connectivity index is 1.01. The minimum atomic E-state index is -1.05. The van der Waals surface area contributed by atoms with Crippen LogP contribution in [0.25, 0.3) is 0 Å². The van der Waals surface area contributed by atoms with E-state index in [4.69, 9.17) is 4.74 Å². The average Bonchev–Trinajstić information content (AvgIpc) is 3.27. The third-order valence-electron chi connectivity index (χ3n) is 24.7. The summed E-state index contributed by atoms with van der Waals surface area (Å²) in [6, 6.07) is 4.41. The number of carbonyl (C=O) groups excluding carboxylic acids is 6. The number of hydrogen-bond donors (Lipinski definition) is 0. The second-order valence-corrected chi connectivity index (χ2v) is 29.5. The molecular weight excluding hydrogens is 885 g/mol. The van der Waals surface area contributed by atoms with Crippen molar-refractivity contribution in [1.29, 1.82) is 10.5 Å². The maximum atomic E-state index is 15.7. The van der Waals surface area contributed by atoms with E-state index in [9.17, 15) is 20.1 Å². The molecule has 0 saturated heterocycles. The Kier molecular flexibility index (Phi) is 10.4. The molecule has 0 unspecified atom stereocenters. The summed E-state index contributed by atoms with van der Waals surface area (Å²) in [7, 11) is 0. The lowest BCUT2D eigenvalue weighted by Crippen LogP contribution is -2.67. The van der Waals surface area contributed by atoms with E-state index in [0.29, 0.717) is 51.4 Å². The molecule has 71 heavy (non-hydrogen) atoms. The Morgan fingerprint density at radius 2 is 0.845 bits per heavy atom. The molecule has 0 aliphatic heterocycles. The fourth-order valence-electron chi connectivity index (χ4n) is 20.3. The Hall–Kier alpha value is -4.24. The van der Waals surface area contributed by atoms with Crippen LogP contribution in [0.2, 0.25) is 0 Å². The van der Waals surface area contributed by atoms with Gasteiger partial charge in [-0.1, -0.05) is 120 Å². The van der Waals surface area contributed by atoms with Crippen LogP contribution in [0, 0.1) is 123 Å². The van der Waals surface area contributed by atoms with E-state index in [-0.39, 0.29) is 68.8 Å². The number of fused-ring (bicyclic) bond motifs is 14. The first-order valence-electron chi connectivity index (χ1n) is 27.3. The molecule has 10 aliphatic carbocycles. The normalized spacial score (nSPS) is 47.4. The molecule has 6 fully saturated rings. The van der Waals surface area contributed by atoms with E-state index < -0.39 is 77.9 Å². The quantitative estimate of drug-likeness (QED) is 0.194. The number of nitriles is 2. The molecule has 9 heteroatoms. The minimum absolute atomic E-state index is 0.00329. The molecule has 0 N–H and O–H groups in total. The van der Waals surface area contributed by atoms with E-state index >= 15 is 19.2 Å². The highest BCUT2D eigenvalue weighted by Gasteiger charge is 2.74. The second-order valence-electron chi connectivity index (χ2n) is 29.5. The Morgan fingerprint density at radius 3 is 1.18 bits per heavy atom. The topological polar surface area (TPSA) is 159 Å². The smallest absolute Gasteiger partial charge is 0.320 e. The predicted octanol–water partition coefficient (Wildman–Crippen LogP) is 12.5. The molecule has 14 atom stereocenters. The largest absolute Gasteiger partial charge is 0.392 e. The summed E-state index contributed by atoms with van der Waals surface area (Å²) >= 11 is 0. The van der Waals surface area contributed by atoms with Crippen LogP contribution < -0.4 is 0 Å². The van der Waals surface area contributed by atoms with Gasteiger partial charge in [-0.05, 0) is 158 Å². The van der Waals surface area contributed by atoms with E-state index in [1.54, 1.807) is 0 Å². The van der Waals surface area contributed by atoms with E-state index in [0.717, 1.165) is 49.7 Å². The van der Waals surface area contributed by atoms with Crippen LogP contribution >= 0.6 is 0 Å². The zero-order valence-electron chi connectivity index (χ0n) is 45.4. The van der Waals surface area contributed by atoms with E-state index in [2.05, 4.69) is 81.4 Å². The van der Waals surface area contributed by atoms with Crippen molar-refractivity contribution in [2.24, 2.45) is 100 Å². The van der Waals surface area contributed by atoms with Gasteiger partial charge in [-0.25, -0.2) is 0 Å². The number of esters is 2. The van der Waals surface area contributed by atoms with Gasteiger partial charge in [-0.2, -0.15) is 10.5 Å². The van der Waals surface area contributed by atoms with Gasteiger partial charge in [0.2, 0.25) is 0 Å². The van der Waals surface area contributed by atoms with Crippen LogP contribution in [-0.4, -0.2) is 35.1 Å². The molecule has 10 aliphatic rings. The SMILES string of the molecule is CC1(C)CC[C@]2(C(=O)OC(=O)[C@]34CCC(C)(C)C[C@H]3[C@H]3C(=O)C=C5[C@@]6(C)C=C(C#N)C(=O)C(C)(C)[C@@H]6CC[C@@]5(C)[C@]3(C)CC4)CC[C@]3(C)[C@H](C(=O)C=C4[C@@]5(C)C=C(C#N)C(=O)C(C)(C)[C@@H]5CC[C@]43C)[C@@H]2C1. The summed E-state index contributed by atoms with van der Waals surface area (Å²) in [5, 5.41) is 20.4. The molecule has 0 amide bonds. The third kappa shape index (κ3) is 6.08. The van der Waals surface area contributed by atoms with Gasteiger partial charge < -0.3 is 4.74 Å². The van der Waals surface area contributed by atoms with Crippen LogP contribution in [0.1, 0.15) is 187 Å². The van der Waals surface area contributed by atoms with Crippen LogP contribution in [0.3, 0.4) is 0 Å². The van der Waals surface area contributed by atoms with Crippen molar-refractivity contribution in [1.82, 2.24) is 0 Å². The number of ketones is 4. The van der Waals surface area contributed by atoms with Crippen molar-refractivity contribution in [3.8, 4) is 12.1 Å². The summed E-state index contributed by atoms with van der Waals surface area (Å²) in [5.41, 5.74) is -4.99. The fourth-order valence-corrected chi connectivity index (χ4v) is 20.3. The number of rotatable bonds is 2. The van der Waals surface area contributed by atoms with Crippen molar-refractivity contribution in [3.63, 3.8) is 0 Å². The second kappa shape index (κ2) is 14.7. The third-order valence-corrected chi connectivity index (χ3v) is 24.7. The van der Waals surface area contributed by atoms with Crippen molar-refractivity contribution < 1.29 is 33.5 Å². The maximum absolute atomic E-state index is 15.7. The van der Waals surface area contributed by atoms with Crippen LogP contribution in [0.15, 0.2) is 46.6 Å². The molecule has 0 spiro atoms. The molecule has 0 aromatic heterocycles. The average molecular weight is 965 g/mol. The molecule has 380 valence electrons. The van der Waals surface area contributed by atoms with Gasteiger partial charge in [-0.15, -0.1) is 0 Å². The first-order chi connectivity index (χ1) is 32.7. The monoisotopic (exact) mass is 965 g/mol. The first-order valence-corrected chi connectivity index (χ1v) is 27.3. The molecule has 0 bridgehead atoms. The highest BCUT2D eigenvalue weighted by molar-refractivity contribution is 6.06. The Bertz CT molecular complexity index is 2570. The van der Waals surface area contributed by atoms with Gasteiger partial charge in [-0.3, -0.25) is 28.8 Å². The van der Waals surface area contributed by atoms with Gasteiger partial charge in [0.1, 0.15) is 12.1 Å². The van der Waals surface area contributed by atoms with Gasteiger partial charge in [0.15, 0.2) is 23.1 Å². The molecule has 0 heterocycles. The summed E-state index contributed by atoms with van der Waals surface area (Å²) in [5.74, 6) is -3.16. The molecule has 0 radical (unpaired) electrons. The van der Waals surface area contributed by atoms with Crippen molar-refractivity contribution in [2.45, 2.75) is 187 Å². The van der Waals surface area contributed by atoms with Crippen molar-refractivity contribution in [2.75, 3.05) is 0 Å². The summed E-state index contributed by atoms with van der Waals surface area (Å²) in [6.45, 7) is 30.1. The van der Waals surface area contributed by atoms with Crippen LogP contribution in [0.5, 0.6) is 0 Å². The number of nitrogens with zero attached hydrogens (tertiary/aromatic N) is 2. The number of ether oxygens (including phenoxy) is 1. The van der Waals surface area contributed by atoms with E-state index in [1.807, 2.05) is 52.0 Å². The summed E-state index contributed by atoms with van der Waals surface area (Å²) < 4.78 is 6.56. The lowest BCUT2D eigenvalue weighted by atomic mass is 9.34. The highest BCUT2D eigenvalue weighted by atomic mass is 16.6. The van der Waals surface area contributed by atoms with E-state index in [1.165, 1.54) is 0 Å². The fraction of sp³-hybridized carbons (Fsp3) is 0.742. The minimum Gasteiger partial charge on any atom is -0.392 e. The first kappa shape index (κ1) is 50.3. The Labute approximate surface area is 423 Å². The lowest BCUT2D eigenvalue weighted by molar-refractivity contribution is -0.207. The van der Waals surface area contributed by atoms with Gasteiger partial charge in [0.25, 0.3) is 0 Å². The van der Waals surface area contributed by atoms with Gasteiger partial charge >= 0.3 is 11.9 Å². The Morgan fingerprint density at radius 1 is 0.507 bits per heavy atom. The number of allylic oxidation sites excluding steroid dienone is 8. The van der Waals surface area contributed by atoms with Crippen molar-refractivity contribution >= 4 is 35.1 Å². The number of Topliss-reactive ketones (excluding diaryl/α,β-unsaturated/α-hetero) is 2. The predicted molar refractivity (Wildman–Crippen MR) is 269 cm³/mol. The lowest BCUT2D eigenvalue weighted by Gasteiger charge is -2.69. The molecule has 6 saturated carbocycles. The zero-order chi connectivity index (χ0) is 52.1.